The van der Waals surface area contributed by atoms with E-state index in [9.17, 15) is 20.0 Å². The van der Waals surface area contributed by atoms with Crippen molar-refractivity contribution in [1.29, 1.82) is 0 Å². The van der Waals surface area contributed by atoms with E-state index in [-0.39, 0.29) is 23.6 Å². The van der Waals surface area contributed by atoms with Gasteiger partial charge < -0.3 is 14.6 Å². The summed E-state index contributed by atoms with van der Waals surface area (Å²) < 4.78 is 11.0. The molecule has 1 atom stereocenters. The number of phenolic OH excluding ortho intramolecular Hbond substituents is 1. The monoisotopic (exact) mass is 343 g/mol. The standard InChI is InChI=1S/C16H13N3O6/c20-12-6-5-11(19(22)23)7-10(12)8-17-18-16(21)15-9-24-13-3-1-2-4-14(13)25-15/h1-8,15,20H,9H2,(H,18,21)/b17-8+/t15-/m0/s1. The Morgan fingerprint density at radius 2 is 2.08 bits per heavy atom. The third kappa shape index (κ3) is 3.66. The number of ether oxygens (including phenoxy) is 2. The fourth-order valence-electron chi connectivity index (χ4n) is 2.15. The maximum absolute atomic E-state index is 12.1. The van der Waals surface area contributed by atoms with Gasteiger partial charge in [-0.1, -0.05) is 12.1 Å². The highest BCUT2D eigenvalue weighted by Gasteiger charge is 2.27. The Bertz CT molecular complexity index is 852. The predicted octanol–water partition coefficient (Wildman–Crippen LogP) is 1.59. The second-order valence-corrected chi connectivity index (χ2v) is 5.10. The topological polar surface area (TPSA) is 123 Å². The van der Waals surface area contributed by atoms with Crippen LogP contribution in [0.1, 0.15) is 5.56 Å². The lowest BCUT2D eigenvalue weighted by Crippen LogP contribution is -2.42. The van der Waals surface area contributed by atoms with E-state index in [4.69, 9.17) is 9.47 Å². The number of nitrogens with zero attached hydrogens (tertiary/aromatic N) is 2. The fraction of sp³-hybridized carbons (Fsp3) is 0.125. The number of aromatic hydroxyl groups is 1. The maximum Gasteiger partial charge on any atom is 0.284 e. The number of non-ortho nitro benzene ring substituents is 1. The van der Waals surface area contributed by atoms with Crippen LogP contribution in [-0.2, 0) is 4.79 Å². The van der Waals surface area contributed by atoms with Gasteiger partial charge in [0, 0.05) is 17.7 Å². The molecule has 1 heterocycles. The second-order valence-electron chi connectivity index (χ2n) is 5.10. The van der Waals surface area contributed by atoms with Crippen LogP contribution in [0.3, 0.4) is 0 Å². The van der Waals surface area contributed by atoms with Crippen LogP contribution in [0.2, 0.25) is 0 Å². The van der Waals surface area contributed by atoms with Crippen LogP contribution >= 0.6 is 0 Å². The predicted molar refractivity (Wildman–Crippen MR) is 86.9 cm³/mol. The average molecular weight is 343 g/mol. The number of nitro groups is 1. The van der Waals surface area contributed by atoms with Gasteiger partial charge in [-0.2, -0.15) is 5.10 Å². The normalized spacial score (nSPS) is 15.8. The minimum atomic E-state index is -0.884. The Morgan fingerprint density at radius 3 is 2.84 bits per heavy atom. The molecule has 9 nitrogen and oxygen atoms in total. The number of nitrogens with one attached hydrogen (secondary N) is 1. The first kappa shape index (κ1) is 16.2. The van der Waals surface area contributed by atoms with E-state index in [0.29, 0.717) is 11.5 Å². The van der Waals surface area contributed by atoms with E-state index in [1.54, 1.807) is 24.3 Å². The molecule has 2 aromatic carbocycles. The average Bonchev–Trinajstić information content (AvgIpc) is 2.62. The molecule has 2 aromatic rings. The van der Waals surface area contributed by atoms with Gasteiger partial charge in [0.15, 0.2) is 11.5 Å². The molecule has 0 bridgehead atoms. The SMILES string of the molecule is O=C(N/N=C/c1cc([N+](=O)[O-])ccc1O)[C@@H]1COc2ccccc2O1. The van der Waals surface area contributed by atoms with E-state index in [0.717, 1.165) is 18.3 Å². The molecule has 128 valence electrons. The number of fused-ring (bicyclic) bond motifs is 1. The first-order valence-corrected chi connectivity index (χ1v) is 7.23. The second kappa shape index (κ2) is 6.87. The summed E-state index contributed by atoms with van der Waals surface area (Å²) >= 11 is 0. The van der Waals surface area contributed by atoms with E-state index >= 15 is 0 Å². The number of nitro benzene ring substituents is 1. The molecular formula is C16H13N3O6. The summed E-state index contributed by atoms with van der Waals surface area (Å²) in [4.78, 5) is 22.2. The van der Waals surface area contributed by atoms with Crippen LogP contribution in [0.4, 0.5) is 5.69 Å². The molecule has 3 rings (SSSR count). The first-order chi connectivity index (χ1) is 12.0. The lowest BCUT2D eigenvalue weighted by molar-refractivity contribution is -0.384. The van der Waals surface area contributed by atoms with Gasteiger partial charge in [-0.3, -0.25) is 14.9 Å². The lowest BCUT2D eigenvalue weighted by Gasteiger charge is -2.24. The molecule has 0 saturated carbocycles. The Balaban J connectivity index is 1.64. The maximum atomic E-state index is 12.1. The molecule has 0 unspecified atom stereocenters. The summed E-state index contributed by atoms with van der Waals surface area (Å²) in [6, 6.07) is 10.4. The molecule has 1 aliphatic rings. The van der Waals surface area contributed by atoms with Crippen molar-refractivity contribution in [1.82, 2.24) is 5.43 Å². The molecule has 0 aliphatic carbocycles. The number of phenols is 1. The Labute approximate surface area is 141 Å². The van der Waals surface area contributed by atoms with Gasteiger partial charge >= 0.3 is 0 Å². The van der Waals surface area contributed by atoms with Crippen molar-refractivity contribution in [2.45, 2.75) is 6.10 Å². The summed E-state index contributed by atoms with van der Waals surface area (Å²) in [6.07, 6.45) is 0.225. The van der Waals surface area contributed by atoms with Gasteiger partial charge in [0.2, 0.25) is 6.10 Å². The quantitative estimate of drug-likeness (QED) is 0.494. The molecule has 0 spiro atoms. The van der Waals surface area contributed by atoms with Crippen molar-refractivity contribution >= 4 is 17.8 Å². The van der Waals surface area contributed by atoms with Gasteiger partial charge in [-0.15, -0.1) is 0 Å². The van der Waals surface area contributed by atoms with Crippen LogP contribution in [0, 0.1) is 10.1 Å². The number of carbonyl (C=O) groups is 1. The van der Waals surface area contributed by atoms with Crippen molar-refractivity contribution in [3.05, 3.63) is 58.1 Å². The summed E-state index contributed by atoms with van der Waals surface area (Å²) in [6.45, 7) is 0.0282. The van der Waals surface area contributed by atoms with Crippen LogP contribution in [-0.4, -0.2) is 34.9 Å². The Kier molecular flexibility index (Phi) is 4.46. The van der Waals surface area contributed by atoms with Gasteiger partial charge in [-0.25, -0.2) is 5.43 Å². The number of rotatable bonds is 4. The van der Waals surface area contributed by atoms with Crippen LogP contribution < -0.4 is 14.9 Å². The van der Waals surface area contributed by atoms with Crippen molar-refractivity contribution in [3.8, 4) is 17.2 Å². The zero-order valence-corrected chi connectivity index (χ0v) is 12.8. The number of para-hydroxylation sites is 2. The molecule has 1 aliphatic heterocycles. The lowest BCUT2D eigenvalue weighted by atomic mass is 10.2. The highest BCUT2D eigenvalue weighted by Crippen LogP contribution is 2.30. The molecule has 1 amide bonds. The number of amides is 1. The van der Waals surface area contributed by atoms with E-state index in [2.05, 4.69) is 10.5 Å². The minimum Gasteiger partial charge on any atom is -0.507 e. The van der Waals surface area contributed by atoms with E-state index in [1.165, 1.54) is 6.07 Å². The Morgan fingerprint density at radius 1 is 1.32 bits per heavy atom. The third-order valence-electron chi connectivity index (χ3n) is 3.40. The van der Waals surface area contributed by atoms with Crippen LogP contribution in [0.25, 0.3) is 0 Å². The smallest absolute Gasteiger partial charge is 0.284 e. The zero-order valence-electron chi connectivity index (χ0n) is 12.8. The highest BCUT2D eigenvalue weighted by molar-refractivity contribution is 5.87. The zero-order chi connectivity index (χ0) is 17.8. The van der Waals surface area contributed by atoms with Gasteiger partial charge in [0.25, 0.3) is 11.6 Å². The van der Waals surface area contributed by atoms with Crippen LogP contribution in [0.5, 0.6) is 17.2 Å². The fourth-order valence-corrected chi connectivity index (χ4v) is 2.15. The van der Waals surface area contributed by atoms with Gasteiger partial charge in [-0.05, 0) is 18.2 Å². The molecule has 0 aromatic heterocycles. The summed E-state index contributed by atoms with van der Waals surface area (Å²) in [5, 5.41) is 24.1. The molecular weight excluding hydrogens is 330 g/mol. The van der Waals surface area contributed by atoms with E-state index < -0.39 is 16.9 Å². The number of hydrogen-bond donors (Lipinski definition) is 2. The largest absolute Gasteiger partial charge is 0.507 e. The molecule has 0 fully saturated rings. The molecule has 0 saturated heterocycles. The summed E-state index contributed by atoms with van der Waals surface area (Å²) in [5.74, 6) is 0.260. The third-order valence-corrected chi connectivity index (χ3v) is 3.40. The first-order valence-electron chi connectivity index (χ1n) is 7.23. The highest BCUT2D eigenvalue weighted by atomic mass is 16.6. The van der Waals surface area contributed by atoms with Crippen molar-refractivity contribution in [3.63, 3.8) is 0 Å². The minimum absolute atomic E-state index is 0.0282. The molecule has 9 heteroatoms. The Hall–Kier alpha value is -3.62. The number of carbonyl (C=O) groups excluding carboxylic acids is 1. The molecule has 0 radical (unpaired) electrons. The molecule has 2 N–H and O–H groups in total. The van der Waals surface area contributed by atoms with Crippen molar-refractivity contribution in [2.75, 3.05) is 6.61 Å². The number of benzene rings is 2. The van der Waals surface area contributed by atoms with Crippen molar-refractivity contribution < 1.29 is 24.3 Å². The number of hydrogen-bond acceptors (Lipinski definition) is 7. The van der Waals surface area contributed by atoms with Gasteiger partial charge in [0.1, 0.15) is 12.4 Å². The number of hydrazone groups is 1. The van der Waals surface area contributed by atoms with E-state index in [1.807, 2.05) is 0 Å². The van der Waals surface area contributed by atoms with Gasteiger partial charge in [0.05, 0.1) is 11.1 Å². The molecule has 25 heavy (non-hydrogen) atoms. The summed E-state index contributed by atoms with van der Waals surface area (Å²) in [5.41, 5.74) is 2.15. The van der Waals surface area contributed by atoms with Crippen molar-refractivity contribution in [2.24, 2.45) is 5.10 Å². The van der Waals surface area contributed by atoms with Crippen LogP contribution in [0.15, 0.2) is 47.6 Å². The summed E-state index contributed by atoms with van der Waals surface area (Å²) in [7, 11) is 0.